The second kappa shape index (κ2) is 6.05. The van der Waals surface area contributed by atoms with E-state index < -0.39 is 5.41 Å². The summed E-state index contributed by atoms with van der Waals surface area (Å²) in [4.78, 5) is 23.6. The van der Waals surface area contributed by atoms with Crippen LogP contribution >= 0.6 is 11.6 Å². The first-order chi connectivity index (χ1) is 11.0. The normalized spacial score (nSPS) is 14.9. The molecule has 0 heterocycles. The van der Waals surface area contributed by atoms with Gasteiger partial charge in [0.2, 0.25) is 11.8 Å². The lowest BCUT2D eigenvalue weighted by Crippen LogP contribution is -2.27. The zero-order chi connectivity index (χ0) is 16.4. The van der Waals surface area contributed by atoms with Crippen LogP contribution < -0.4 is 10.6 Å². The van der Waals surface area contributed by atoms with Crippen LogP contribution in [0, 0.1) is 0 Å². The molecule has 1 aliphatic rings. The van der Waals surface area contributed by atoms with E-state index in [0.29, 0.717) is 16.4 Å². The van der Waals surface area contributed by atoms with Crippen molar-refractivity contribution in [1.82, 2.24) is 0 Å². The van der Waals surface area contributed by atoms with Crippen LogP contribution in [0.25, 0.3) is 0 Å². The predicted molar refractivity (Wildman–Crippen MR) is 91.7 cm³/mol. The Kier molecular flexibility index (Phi) is 4.09. The molecule has 1 fully saturated rings. The third-order valence-electron chi connectivity index (χ3n) is 4.04. The summed E-state index contributed by atoms with van der Waals surface area (Å²) >= 11 is 5.91. The summed E-state index contributed by atoms with van der Waals surface area (Å²) in [7, 11) is 0. The van der Waals surface area contributed by atoms with Gasteiger partial charge in [-0.15, -0.1) is 0 Å². The molecule has 0 radical (unpaired) electrons. The van der Waals surface area contributed by atoms with E-state index in [0.717, 1.165) is 18.4 Å². The molecular weight excluding hydrogens is 312 g/mol. The van der Waals surface area contributed by atoms with Gasteiger partial charge in [0.05, 0.1) is 5.41 Å². The van der Waals surface area contributed by atoms with Gasteiger partial charge in [-0.1, -0.05) is 23.7 Å². The van der Waals surface area contributed by atoms with E-state index in [1.807, 2.05) is 24.3 Å². The van der Waals surface area contributed by atoms with Gasteiger partial charge in [-0.05, 0) is 54.8 Å². The molecule has 0 aromatic heterocycles. The van der Waals surface area contributed by atoms with Crippen LogP contribution in [0.4, 0.5) is 11.4 Å². The van der Waals surface area contributed by atoms with Crippen LogP contribution in [0.1, 0.15) is 25.3 Å². The lowest BCUT2D eigenvalue weighted by Gasteiger charge is -2.16. The van der Waals surface area contributed by atoms with Crippen LogP contribution in [0.15, 0.2) is 48.5 Å². The third-order valence-corrected chi connectivity index (χ3v) is 4.30. The molecule has 118 valence electrons. The SMILES string of the molecule is CC(=O)Nc1ccc(NC(=O)C2(c3ccc(Cl)cc3)CC2)cc1. The molecule has 2 amide bonds. The van der Waals surface area contributed by atoms with Gasteiger partial charge in [0, 0.05) is 23.3 Å². The maximum atomic E-state index is 12.6. The van der Waals surface area contributed by atoms with E-state index in [2.05, 4.69) is 10.6 Å². The van der Waals surface area contributed by atoms with Gasteiger partial charge >= 0.3 is 0 Å². The van der Waals surface area contributed by atoms with Crippen molar-refractivity contribution in [2.75, 3.05) is 10.6 Å². The number of halogens is 1. The maximum Gasteiger partial charge on any atom is 0.235 e. The molecule has 5 heteroatoms. The van der Waals surface area contributed by atoms with Crippen LogP contribution in [0.2, 0.25) is 5.02 Å². The molecule has 2 N–H and O–H groups in total. The van der Waals surface area contributed by atoms with E-state index in [1.54, 1.807) is 24.3 Å². The minimum Gasteiger partial charge on any atom is -0.326 e. The van der Waals surface area contributed by atoms with E-state index in [4.69, 9.17) is 11.6 Å². The van der Waals surface area contributed by atoms with Crippen molar-refractivity contribution in [3.8, 4) is 0 Å². The maximum absolute atomic E-state index is 12.6. The molecule has 3 rings (SSSR count). The Bertz CT molecular complexity index is 735. The fraction of sp³-hybridized carbons (Fsp3) is 0.222. The van der Waals surface area contributed by atoms with Crippen LogP contribution in [0.3, 0.4) is 0 Å². The summed E-state index contributed by atoms with van der Waals surface area (Å²) in [6.45, 7) is 1.46. The first-order valence-electron chi connectivity index (χ1n) is 7.45. The second-order valence-corrected chi connectivity index (χ2v) is 6.24. The minimum absolute atomic E-state index is 0.00732. The van der Waals surface area contributed by atoms with Crippen molar-refractivity contribution in [3.05, 3.63) is 59.1 Å². The summed E-state index contributed by atoms with van der Waals surface area (Å²) < 4.78 is 0. The van der Waals surface area contributed by atoms with Crippen LogP contribution in [-0.2, 0) is 15.0 Å². The fourth-order valence-electron chi connectivity index (χ4n) is 2.63. The van der Waals surface area contributed by atoms with E-state index >= 15 is 0 Å². The van der Waals surface area contributed by atoms with Gasteiger partial charge in [0.15, 0.2) is 0 Å². The number of benzene rings is 2. The molecule has 0 spiro atoms. The topological polar surface area (TPSA) is 58.2 Å². The number of rotatable bonds is 4. The van der Waals surface area contributed by atoms with Gasteiger partial charge in [0.25, 0.3) is 0 Å². The first-order valence-corrected chi connectivity index (χ1v) is 7.83. The smallest absolute Gasteiger partial charge is 0.235 e. The van der Waals surface area contributed by atoms with Crippen molar-refractivity contribution < 1.29 is 9.59 Å². The standard InChI is InChI=1S/C18H17ClN2O2/c1-12(22)20-15-6-8-16(9-7-15)21-17(23)18(10-11-18)13-2-4-14(19)5-3-13/h2-9H,10-11H2,1H3,(H,20,22)(H,21,23). The monoisotopic (exact) mass is 328 g/mol. The van der Waals surface area contributed by atoms with Crippen molar-refractivity contribution in [1.29, 1.82) is 0 Å². The van der Waals surface area contributed by atoms with E-state index in [9.17, 15) is 9.59 Å². The molecule has 2 aromatic carbocycles. The summed E-state index contributed by atoms with van der Waals surface area (Å²) in [6.07, 6.45) is 1.68. The zero-order valence-electron chi connectivity index (χ0n) is 12.7. The fourth-order valence-corrected chi connectivity index (χ4v) is 2.76. The Morgan fingerprint density at radius 1 is 0.913 bits per heavy atom. The summed E-state index contributed by atoms with van der Waals surface area (Å²) in [5.41, 5.74) is 1.97. The Morgan fingerprint density at radius 3 is 1.91 bits per heavy atom. The number of amides is 2. The number of nitrogens with one attached hydrogen (secondary N) is 2. The lowest BCUT2D eigenvalue weighted by atomic mass is 9.95. The Hall–Kier alpha value is -2.33. The highest BCUT2D eigenvalue weighted by Gasteiger charge is 2.51. The lowest BCUT2D eigenvalue weighted by molar-refractivity contribution is -0.118. The third kappa shape index (κ3) is 3.37. The average Bonchev–Trinajstić information content (AvgIpc) is 3.31. The van der Waals surface area contributed by atoms with Crippen molar-refractivity contribution >= 4 is 34.8 Å². The highest BCUT2D eigenvalue weighted by Crippen LogP contribution is 2.49. The molecule has 1 aliphatic carbocycles. The molecule has 4 nitrogen and oxygen atoms in total. The minimum atomic E-state index is -0.444. The van der Waals surface area contributed by atoms with Gasteiger partial charge in [-0.3, -0.25) is 9.59 Å². The van der Waals surface area contributed by atoms with Crippen LogP contribution in [-0.4, -0.2) is 11.8 Å². The van der Waals surface area contributed by atoms with E-state index in [1.165, 1.54) is 6.92 Å². The van der Waals surface area contributed by atoms with Crippen molar-refractivity contribution in [2.24, 2.45) is 0 Å². The molecule has 0 unspecified atom stereocenters. The second-order valence-electron chi connectivity index (χ2n) is 5.80. The summed E-state index contributed by atoms with van der Waals surface area (Å²) in [5.74, 6) is -0.131. The molecule has 0 aliphatic heterocycles. The number of hydrogen-bond donors (Lipinski definition) is 2. The zero-order valence-corrected chi connectivity index (χ0v) is 13.5. The van der Waals surface area contributed by atoms with Gasteiger partial charge in [0.1, 0.15) is 0 Å². The Balaban J connectivity index is 1.71. The Morgan fingerprint density at radius 2 is 1.43 bits per heavy atom. The van der Waals surface area contributed by atoms with Gasteiger partial charge in [-0.2, -0.15) is 0 Å². The van der Waals surface area contributed by atoms with Crippen molar-refractivity contribution in [3.63, 3.8) is 0 Å². The molecule has 0 bridgehead atoms. The predicted octanol–water partition coefficient (Wildman–Crippen LogP) is 3.97. The van der Waals surface area contributed by atoms with Gasteiger partial charge < -0.3 is 10.6 Å². The number of hydrogen-bond acceptors (Lipinski definition) is 2. The number of carbonyl (C=O) groups is 2. The molecule has 0 saturated heterocycles. The molecule has 23 heavy (non-hydrogen) atoms. The number of carbonyl (C=O) groups excluding carboxylic acids is 2. The van der Waals surface area contributed by atoms with E-state index in [-0.39, 0.29) is 11.8 Å². The quantitative estimate of drug-likeness (QED) is 0.892. The molecule has 1 saturated carbocycles. The number of anilines is 2. The molecule has 0 atom stereocenters. The Labute approximate surface area is 139 Å². The first kappa shape index (κ1) is 15.6. The highest BCUT2D eigenvalue weighted by molar-refractivity contribution is 6.30. The summed E-state index contributed by atoms with van der Waals surface area (Å²) in [6, 6.07) is 14.5. The largest absolute Gasteiger partial charge is 0.326 e. The van der Waals surface area contributed by atoms with Gasteiger partial charge in [-0.25, -0.2) is 0 Å². The molecule has 2 aromatic rings. The van der Waals surface area contributed by atoms with Crippen molar-refractivity contribution in [2.45, 2.75) is 25.2 Å². The summed E-state index contributed by atoms with van der Waals surface area (Å²) in [5, 5.41) is 6.31. The van der Waals surface area contributed by atoms with Crippen LogP contribution in [0.5, 0.6) is 0 Å². The average molecular weight is 329 g/mol. The highest BCUT2D eigenvalue weighted by atomic mass is 35.5. The molecular formula is C18H17ClN2O2.